The summed E-state index contributed by atoms with van der Waals surface area (Å²) in [7, 11) is 0. The number of hydrogen-bond acceptors (Lipinski definition) is 3. The summed E-state index contributed by atoms with van der Waals surface area (Å²) in [5, 5.41) is 1.23. The van der Waals surface area contributed by atoms with Crippen molar-refractivity contribution in [1.82, 2.24) is 9.47 Å². The number of primary amides is 1. The Morgan fingerprint density at radius 3 is 2.48 bits per heavy atom. The molecule has 29 heavy (non-hydrogen) atoms. The molecule has 0 bridgehead atoms. The van der Waals surface area contributed by atoms with Gasteiger partial charge in [0.15, 0.2) is 0 Å². The van der Waals surface area contributed by atoms with Crippen molar-refractivity contribution in [1.29, 1.82) is 0 Å². The molecule has 1 aliphatic rings. The number of amides is 2. The molecule has 2 amide bonds. The summed E-state index contributed by atoms with van der Waals surface area (Å²) in [5.41, 5.74) is 7.07. The zero-order chi connectivity index (χ0) is 20.5. The molecule has 2 N–H and O–H groups in total. The van der Waals surface area contributed by atoms with Crippen LogP contribution >= 0.6 is 11.6 Å². The molecule has 4 rings (SSSR count). The van der Waals surface area contributed by atoms with E-state index in [0.29, 0.717) is 48.0 Å². The van der Waals surface area contributed by atoms with Gasteiger partial charge in [-0.15, -0.1) is 0 Å². The smallest absolute Gasteiger partial charge is 0.256 e. The zero-order valence-corrected chi connectivity index (χ0v) is 16.4. The van der Waals surface area contributed by atoms with Gasteiger partial charge >= 0.3 is 0 Å². The van der Waals surface area contributed by atoms with Crippen molar-refractivity contribution in [2.24, 2.45) is 5.73 Å². The Balaban J connectivity index is 1.57. The molecule has 0 radical (unpaired) electrons. The number of nitrogens with zero attached hydrogens (tertiary/aromatic N) is 3. The van der Waals surface area contributed by atoms with E-state index in [2.05, 4.69) is 0 Å². The van der Waals surface area contributed by atoms with Gasteiger partial charge in [0.2, 0.25) is 5.91 Å². The molecule has 150 valence electrons. The van der Waals surface area contributed by atoms with Gasteiger partial charge in [0.1, 0.15) is 12.4 Å². The number of para-hydroxylation sites is 1. The van der Waals surface area contributed by atoms with Crippen LogP contribution in [0.5, 0.6) is 0 Å². The summed E-state index contributed by atoms with van der Waals surface area (Å²) in [6.45, 7) is 1.99. The Kier molecular flexibility index (Phi) is 5.15. The van der Waals surface area contributed by atoms with Gasteiger partial charge in [-0.1, -0.05) is 29.8 Å². The number of benzene rings is 2. The molecular formula is C21H20ClFN4O2. The minimum Gasteiger partial charge on any atom is -0.368 e. The molecule has 2 heterocycles. The number of halogens is 2. The molecule has 3 aromatic rings. The second-order valence-electron chi connectivity index (χ2n) is 7.03. The fourth-order valence-corrected chi connectivity index (χ4v) is 3.93. The first-order valence-corrected chi connectivity index (χ1v) is 9.67. The average Bonchev–Trinajstić information content (AvgIpc) is 3.05. The first-order chi connectivity index (χ1) is 13.9. The van der Waals surface area contributed by atoms with E-state index >= 15 is 0 Å². The number of hydrogen-bond donors (Lipinski definition) is 1. The first-order valence-electron chi connectivity index (χ1n) is 9.29. The Labute approximate surface area is 172 Å². The normalized spacial score (nSPS) is 14.4. The van der Waals surface area contributed by atoms with E-state index in [1.54, 1.807) is 52.1 Å². The second kappa shape index (κ2) is 7.75. The molecule has 1 aliphatic heterocycles. The highest BCUT2D eigenvalue weighted by molar-refractivity contribution is 6.31. The minimum atomic E-state index is -0.501. The van der Waals surface area contributed by atoms with Gasteiger partial charge in [-0.05, 0) is 24.3 Å². The van der Waals surface area contributed by atoms with Crippen LogP contribution < -0.4 is 10.6 Å². The lowest BCUT2D eigenvalue weighted by Crippen LogP contribution is -2.49. The van der Waals surface area contributed by atoms with Gasteiger partial charge < -0.3 is 20.1 Å². The van der Waals surface area contributed by atoms with E-state index < -0.39 is 5.91 Å². The molecule has 0 saturated carbocycles. The number of aromatic nitrogens is 1. The van der Waals surface area contributed by atoms with Crippen molar-refractivity contribution < 1.29 is 14.0 Å². The number of nitrogens with two attached hydrogens (primary N) is 1. The summed E-state index contributed by atoms with van der Waals surface area (Å²) in [6, 6.07) is 11.8. The third-order valence-electron chi connectivity index (χ3n) is 5.16. The predicted molar refractivity (Wildman–Crippen MR) is 111 cm³/mol. The van der Waals surface area contributed by atoms with Gasteiger partial charge in [-0.3, -0.25) is 9.59 Å². The largest absolute Gasteiger partial charge is 0.368 e. The molecular weight excluding hydrogens is 395 g/mol. The third-order valence-corrected chi connectivity index (χ3v) is 5.40. The highest BCUT2D eigenvalue weighted by atomic mass is 35.5. The number of anilines is 1. The topological polar surface area (TPSA) is 71.6 Å². The maximum atomic E-state index is 14.0. The Bertz CT molecular complexity index is 1090. The number of carbonyl (C=O) groups is 2. The number of rotatable bonds is 4. The number of fused-ring (bicyclic) bond motifs is 1. The average molecular weight is 415 g/mol. The van der Waals surface area contributed by atoms with E-state index in [1.807, 2.05) is 4.90 Å². The van der Waals surface area contributed by atoms with E-state index in [1.165, 1.54) is 6.07 Å². The summed E-state index contributed by atoms with van der Waals surface area (Å²) in [6.07, 6.45) is 1.65. The van der Waals surface area contributed by atoms with Crippen LogP contribution in [0, 0.1) is 5.82 Å². The third kappa shape index (κ3) is 3.78. The summed E-state index contributed by atoms with van der Waals surface area (Å²) in [4.78, 5) is 28.3. The lowest BCUT2D eigenvalue weighted by Gasteiger charge is -2.36. The highest BCUT2D eigenvalue weighted by Crippen LogP contribution is 2.27. The van der Waals surface area contributed by atoms with Crippen LogP contribution in [0.2, 0.25) is 5.02 Å². The van der Waals surface area contributed by atoms with Crippen LogP contribution in [0.4, 0.5) is 10.1 Å². The SMILES string of the molecule is NC(=O)Cn1cc(C(=O)N2CCN(c3ccccc3F)CC2)c2ccc(Cl)cc21. The molecule has 0 unspecified atom stereocenters. The van der Waals surface area contributed by atoms with Crippen LogP contribution in [-0.2, 0) is 11.3 Å². The zero-order valence-electron chi connectivity index (χ0n) is 15.6. The Morgan fingerprint density at radius 1 is 1.07 bits per heavy atom. The molecule has 2 aromatic carbocycles. The highest BCUT2D eigenvalue weighted by Gasteiger charge is 2.26. The number of carbonyl (C=O) groups excluding carboxylic acids is 2. The van der Waals surface area contributed by atoms with Crippen molar-refractivity contribution >= 4 is 40.0 Å². The van der Waals surface area contributed by atoms with Gasteiger partial charge in [-0.25, -0.2) is 4.39 Å². The van der Waals surface area contributed by atoms with E-state index in [9.17, 15) is 14.0 Å². The first kappa shape index (κ1) is 19.3. The number of piperazine rings is 1. The standard InChI is InChI=1S/C21H20ClFN4O2/c22-14-5-6-15-16(12-27(13-20(24)28)19(15)11-14)21(29)26-9-7-25(8-10-26)18-4-2-1-3-17(18)23/h1-6,11-12H,7-10,13H2,(H2,24,28). The van der Waals surface area contributed by atoms with Crippen molar-refractivity contribution in [2.75, 3.05) is 31.1 Å². The lowest BCUT2D eigenvalue weighted by atomic mass is 10.1. The maximum absolute atomic E-state index is 14.0. The van der Waals surface area contributed by atoms with Crippen LogP contribution in [0.3, 0.4) is 0 Å². The van der Waals surface area contributed by atoms with Crippen LogP contribution in [0.1, 0.15) is 10.4 Å². The predicted octanol–water partition coefficient (Wildman–Crippen LogP) is 2.88. The van der Waals surface area contributed by atoms with Gasteiger partial charge in [-0.2, -0.15) is 0 Å². The van der Waals surface area contributed by atoms with E-state index in [0.717, 1.165) is 5.39 Å². The molecule has 1 saturated heterocycles. The second-order valence-corrected chi connectivity index (χ2v) is 7.47. The molecule has 8 heteroatoms. The fourth-order valence-electron chi connectivity index (χ4n) is 3.76. The van der Waals surface area contributed by atoms with Crippen molar-refractivity contribution in [2.45, 2.75) is 6.54 Å². The molecule has 1 fully saturated rings. The summed E-state index contributed by atoms with van der Waals surface area (Å²) < 4.78 is 15.7. The van der Waals surface area contributed by atoms with Gasteiger partial charge in [0.25, 0.3) is 5.91 Å². The lowest BCUT2D eigenvalue weighted by molar-refractivity contribution is -0.118. The van der Waals surface area contributed by atoms with Crippen LogP contribution in [0.25, 0.3) is 10.9 Å². The van der Waals surface area contributed by atoms with Crippen LogP contribution in [0.15, 0.2) is 48.7 Å². The Hall–Kier alpha value is -3.06. The van der Waals surface area contributed by atoms with E-state index in [-0.39, 0.29) is 18.3 Å². The Morgan fingerprint density at radius 2 is 1.79 bits per heavy atom. The van der Waals surface area contributed by atoms with Crippen molar-refractivity contribution in [3.8, 4) is 0 Å². The maximum Gasteiger partial charge on any atom is 0.256 e. The molecule has 0 aliphatic carbocycles. The summed E-state index contributed by atoms with van der Waals surface area (Å²) in [5.74, 6) is -0.896. The quantitative estimate of drug-likeness (QED) is 0.713. The van der Waals surface area contributed by atoms with Crippen molar-refractivity contribution in [3.05, 3.63) is 65.1 Å². The molecule has 6 nitrogen and oxygen atoms in total. The minimum absolute atomic E-state index is 0.0365. The molecule has 0 atom stereocenters. The summed E-state index contributed by atoms with van der Waals surface area (Å²) >= 11 is 6.09. The van der Waals surface area contributed by atoms with Crippen LogP contribution in [-0.4, -0.2) is 47.5 Å². The van der Waals surface area contributed by atoms with Crippen molar-refractivity contribution in [3.63, 3.8) is 0 Å². The molecule has 1 aromatic heterocycles. The van der Waals surface area contributed by atoms with E-state index in [4.69, 9.17) is 17.3 Å². The van der Waals surface area contributed by atoms with Gasteiger partial charge in [0, 0.05) is 42.8 Å². The van der Waals surface area contributed by atoms with Gasteiger partial charge in [0.05, 0.1) is 16.8 Å². The molecule has 0 spiro atoms. The fraction of sp³-hybridized carbons (Fsp3) is 0.238. The monoisotopic (exact) mass is 414 g/mol.